The molecule has 1 aromatic carbocycles. The number of benzene rings is 1. The molecule has 3 nitrogen and oxygen atoms in total. The molecule has 0 N–H and O–H groups in total. The van der Waals surface area contributed by atoms with Crippen molar-refractivity contribution < 1.29 is 9.59 Å². The number of hydrogen-bond acceptors (Lipinski definition) is 4. The van der Waals surface area contributed by atoms with Gasteiger partial charge in [-0.3, -0.25) is 14.5 Å². The first-order valence-electron chi connectivity index (χ1n) is 11.2. The maximum absolute atomic E-state index is 13.3. The summed E-state index contributed by atoms with van der Waals surface area (Å²) >= 11 is 10.4. The molecule has 0 atom stereocenters. The second-order valence-corrected chi connectivity index (χ2v) is 13.1. The molecule has 0 radical (unpaired) electrons. The normalized spacial score (nSPS) is 13.8. The lowest BCUT2D eigenvalue weighted by Gasteiger charge is -2.13. The second-order valence-electron chi connectivity index (χ2n) is 8.28. The molecule has 0 fully saturated rings. The highest BCUT2D eigenvalue weighted by Crippen LogP contribution is 2.46. The number of thiophene rings is 2. The van der Waals surface area contributed by atoms with E-state index in [-0.39, 0.29) is 11.8 Å². The third kappa shape index (κ3) is 4.80. The number of amides is 2. The van der Waals surface area contributed by atoms with Crippen LogP contribution in [-0.4, -0.2) is 23.3 Å². The Kier molecular flexibility index (Phi) is 7.89. The van der Waals surface area contributed by atoms with E-state index in [1.54, 1.807) is 22.7 Å². The fraction of sp³-hybridized carbons (Fsp3) is 0.500. The molecule has 0 bridgehead atoms. The van der Waals surface area contributed by atoms with Crippen molar-refractivity contribution in [3.63, 3.8) is 0 Å². The van der Waals surface area contributed by atoms with E-state index >= 15 is 0 Å². The molecular formula is C24H27Br2NO2S2. The molecule has 7 heteroatoms. The highest BCUT2D eigenvalue weighted by Gasteiger charge is 2.39. The topological polar surface area (TPSA) is 37.4 Å². The lowest BCUT2D eigenvalue weighted by Crippen LogP contribution is -2.30. The zero-order valence-corrected chi connectivity index (χ0v) is 22.6. The van der Waals surface area contributed by atoms with E-state index in [9.17, 15) is 9.59 Å². The molecule has 1 aliphatic heterocycles. The van der Waals surface area contributed by atoms with Gasteiger partial charge in [-0.15, -0.1) is 22.7 Å². The molecule has 0 unspecified atom stereocenters. The van der Waals surface area contributed by atoms with Crippen molar-refractivity contribution in [3.8, 4) is 0 Å². The Balaban J connectivity index is 1.40. The number of imide groups is 1. The van der Waals surface area contributed by atoms with Crippen molar-refractivity contribution in [2.24, 2.45) is 0 Å². The number of rotatable bonds is 11. The van der Waals surface area contributed by atoms with Crippen molar-refractivity contribution in [2.45, 2.75) is 71.1 Å². The summed E-state index contributed by atoms with van der Waals surface area (Å²) < 4.78 is 4.13. The number of carbonyl (C=O) groups is 2. The molecule has 0 saturated heterocycles. The zero-order chi connectivity index (χ0) is 22.0. The summed E-state index contributed by atoms with van der Waals surface area (Å²) in [4.78, 5) is 28.0. The predicted octanol–water partition coefficient (Wildman–Crippen LogP) is 9.16. The van der Waals surface area contributed by atoms with E-state index in [0.29, 0.717) is 17.7 Å². The third-order valence-electron chi connectivity index (χ3n) is 6.05. The Hall–Kier alpha value is -0.760. The van der Waals surface area contributed by atoms with Crippen LogP contribution in [0.3, 0.4) is 0 Å². The van der Waals surface area contributed by atoms with E-state index in [4.69, 9.17) is 0 Å². The summed E-state index contributed by atoms with van der Waals surface area (Å²) in [5, 5.41) is 1.80. The summed E-state index contributed by atoms with van der Waals surface area (Å²) in [6.45, 7) is 2.76. The van der Waals surface area contributed by atoms with Gasteiger partial charge in [0.2, 0.25) is 0 Å². The van der Waals surface area contributed by atoms with E-state index in [0.717, 1.165) is 40.6 Å². The van der Waals surface area contributed by atoms with Crippen LogP contribution in [0, 0.1) is 0 Å². The van der Waals surface area contributed by atoms with Gasteiger partial charge in [0.1, 0.15) is 0 Å². The maximum Gasteiger partial charge on any atom is 0.262 e. The van der Waals surface area contributed by atoms with Crippen LogP contribution in [-0.2, 0) is 0 Å². The van der Waals surface area contributed by atoms with E-state index in [1.165, 1.54) is 56.3 Å². The Labute approximate surface area is 208 Å². The Morgan fingerprint density at radius 2 is 1.13 bits per heavy atom. The summed E-state index contributed by atoms with van der Waals surface area (Å²) in [7, 11) is 0. The first kappa shape index (κ1) is 23.4. The van der Waals surface area contributed by atoms with Crippen LogP contribution in [0.25, 0.3) is 20.2 Å². The molecular weight excluding hydrogens is 558 g/mol. The molecule has 2 amide bonds. The van der Waals surface area contributed by atoms with E-state index in [2.05, 4.69) is 38.8 Å². The third-order valence-corrected chi connectivity index (χ3v) is 9.49. The molecule has 1 aliphatic rings. The van der Waals surface area contributed by atoms with Crippen molar-refractivity contribution in [1.82, 2.24) is 4.90 Å². The molecule has 31 heavy (non-hydrogen) atoms. The van der Waals surface area contributed by atoms with Gasteiger partial charge in [-0.1, -0.05) is 64.7 Å². The van der Waals surface area contributed by atoms with E-state index < -0.39 is 0 Å². The molecule has 4 rings (SSSR count). The van der Waals surface area contributed by atoms with Gasteiger partial charge in [0.05, 0.1) is 28.1 Å². The van der Waals surface area contributed by atoms with Gasteiger partial charge in [-0.25, -0.2) is 0 Å². The molecule has 0 aliphatic carbocycles. The fourth-order valence-corrected chi connectivity index (χ4v) is 7.84. The van der Waals surface area contributed by atoms with Crippen molar-refractivity contribution in [1.29, 1.82) is 0 Å². The lowest BCUT2D eigenvalue weighted by atomic mass is 10.0. The largest absolute Gasteiger partial charge is 0.274 e. The summed E-state index contributed by atoms with van der Waals surface area (Å²) in [6.07, 6.45) is 12.4. The van der Waals surface area contributed by atoms with Gasteiger partial charge in [-0.2, -0.15) is 0 Å². The highest BCUT2D eigenvalue weighted by atomic mass is 79.9. The van der Waals surface area contributed by atoms with Crippen LogP contribution in [0.5, 0.6) is 0 Å². The van der Waals surface area contributed by atoms with Crippen LogP contribution in [0.2, 0.25) is 0 Å². The summed E-state index contributed by atoms with van der Waals surface area (Å²) in [6, 6.07) is 3.97. The maximum atomic E-state index is 13.3. The van der Waals surface area contributed by atoms with Gasteiger partial charge in [0.15, 0.2) is 0 Å². The van der Waals surface area contributed by atoms with Crippen LogP contribution >= 0.6 is 54.5 Å². The Morgan fingerprint density at radius 3 is 1.58 bits per heavy atom. The number of nitrogens with zero attached hydrogens (tertiary/aromatic N) is 1. The smallest absolute Gasteiger partial charge is 0.262 e. The van der Waals surface area contributed by atoms with Crippen molar-refractivity contribution in [2.75, 3.05) is 6.54 Å². The lowest BCUT2D eigenvalue weighted by molar-refractivity contribution is 0.0652. The molecule has 3 heterocycles. The Morgan fingerprint density at radius 1 is 0.710 bits per heavy atom. The van der Waals surface area contributed by atoms with Crippen LogP contribution in [0.1, 0.15) is 91.8 Å². The van der Waals surface area contributed by atoms with Gasteiger partial charge >= 0.3 is 0 Å². The predicted molar refractivity (Wildman–Crippen MR) is 140 cm³/mol. The molecule has 166 valence electrons. The summed E-state index contributed by atoms with van der Waals surface area (Å²) in [5.41, 5.74) is 1.18. The van der Waals surface area contributed by atoms with Crippen molar-refractivity contribution >= 4 is 86.5 Å². The minimum Gasteiger partial charge on any atom is -0.274 e. The van der Waals surface area contributed by atoms with Gasteiger partial charge in [0, 0.05) is 17.3 Å². The quantitative estimate of drug-likeness (QED) is 0.166. The standard InChI is InChI=1S/C24H27Br2NO2S2/c1-2-3-4-5-6-7-8-9-10-11-12-27-23(28)19-15-13-17(25)30-21(15)22-16(14-18(26)31-22)20(19)24(27)29/h13-14H,2-12H2,1H3. The first-order valence-corrected chi connectivity index (χ1v) is 14.4. The number of halogens is 2. The number of fused-ring (bicyclic) bond motifs is 6. The SMILES string of the molecule is CCCCCCCCCCCCN1C(=O)c2c(c3cc(Br)sc3c3sc(Br)cc23)C1=O. The minimum atomic E-state index is -0.129. The fourth-order valence-electron chi connectivity index (χ4n) is 4.47. The average Bonchev–Trinajstić information content (AvgIpc) is 3.38. The molecule has 0 spiro atoms. The van der Waals surface area contributed by atoms with E-state index in [1.807, 2.05) is 12.1 Å². The number of carbonyl (C=O) groups excluding carboxylic acids is 2. The van der Waals surface area contributed by atoms with Gasteiger partial charge < -0.3 is 0 Å². The minimum absolute atomic E-state index is 0.129. The average molecular weight is 585 g/mol. The molecule has 0 saturated carbocycles. The molecule has 2 aromatic heterocycles. The van der Waals surface area contributed by atoms with Crippen molar-refractivity contribution in [3.05, 3.63) is 30.8 Å². The summed E-state index contributed by atoms with van der Waals surface area (Å²) in [5.74, 6) is -0.258. The van der Waals surface area contributed by atoms with Gasteiger partial charge in [0.25, 0.3) is 11.8 Å². The molecule has 3 aromatic rings. The monoisotopic (exact) mass is 583 g/mol. The van der Waals surface area contributed by atoms with Crippen LogP contribution < -0.4 is 0 Å². The van der Waals surface area contributed by atoms with Crippen LogP contribution in [0.15, 0.2) is 19.7 Å². The Bertz CT molecular complexity index is 1040. The number of unbranched alkanes of at least 4 members (excludes halogenated alkanes) is 9. The second kappa shape index (κ2) is 10.4. The number of hydrogen-bond donors (Lipinski definition) is 0. The van der Waals surface area contributed by atoms with Gasteiger partial charge in [-0.05, 0) is 50.4 Å². The van der Waals surface area contributed by atoms with Crippen LogP contribution in [0.4, 0.5) is 0 Å². The first-order chi connectivity index (χ1) is 15.0. The zero-order valence-electron chi connectivity index (χ0n) is 17.8. The highest BCUT2D eigenvalue weighted by molar-refractivity contribution is 9.11.